The van der Waals surface area contributed by atoms with E-state index in [0.717, 1.165) is 19.3 Å². The van der Waals surface area contributed by atoms with E-state index >= 15 is 0 Å². The Balaban J connectivity index is 1.86. The zero-order chi connectivity index (χ0) is 23.1. The molecule has 0 bridgehead atoms. The molecule has 9 nitrogen and oxygen atoms in total. The van der Waals surface area contributed by atoms with Crippen molar-refractivity contribution in [3.05, 3.63) is 50.7 Å². The summed E-state index contributed by atoms with van der Waals surface area (Å²) >= 11 is 0. The van der Waals surface area contributed by atoms with Crippen molar-refractivity contribution in [2.45, 2.75) is 65.3 Å². The van der Waals surface area contributed by atoms with Gasteiger partial charge >= 0.3 is 5.69 Å². The third-order valence-electron chi connectivity index (χ3n) is 5.61. The maximum atomic E-state index is 12.6. The second kappa shape index (κ2) is 10.8. The Hall–Kier alpha value is -3.36. The maximum absolute atomic E-state index is 12.6. The third kappa shape index (κ3) is 5.27. The minimum absolute atomic E-state index is 0.131. The first-order valence-electron chi connectivity index (χ1n) is 11.2. The number of aromatic amines is 1. The minimum atomic E-state index is -0.511. The van der Waals surface area contributed by atoms with Crippen molar-refractivity contribution in [1.82, 2.24) is 19.1 Å². The van der Waals surface area contributed by atoms with Gasteiger partial charge in [-0.15, -0.1) is 0 Å². The number of phenols is 1. The van der Waals surface area contributed by atoms with Crippen molar-refractivity contribution in [3.8, 4) is 5.75 Å². The fraction of sp³-hybridized carbons (Fsp3) is 0.478. The number of hydrogen-bond donors (Lipinski definition) is 3. The SMILES string of the molecule is CCCCCCCCCn1c(N/N=C(\C)c2ccccc2O)nc2c1c(=O)[nH]c(=O)n2C. The molecule has 0 aliphatic heterocycles. The molecular weight excluding hydrogens is 408 g/mol. The van der Waals surface area contributed by atoms with Gasteiger partial charge in [0.1, 0.15) is 5.75 Å². The number of hydrazone groups is 1. The van der Waals surface area contributed by atoms with Crippen LogP contribution in [0.1, 0.15) is 64.4 Å². The summed E-state index contributed by atoms with van der Waals surface area (Å²) in [7, 11) is 1.58. The molecule has 3 N–H and O–H groups in total. The number of aromatic hydroxyl groups is 1. The normalized spacial score (nSPS) is 11.9. The van der Waals surface area contributed by atoms with Crippen molar-refractivity contribution in [1.29, 1.82) is 0 Å². The topological polar surface area (TPSA) is 117 Å². The number of anilines is 1. The Morgan fingerprint density at radius 1 is 1.12 bits per heavy atom. The van der Waals surface area contributed by atoms with Gasteiger partial charge in [0.2, 0.25) is 5.95 Å². The Morgan fingerprint density at radius 3 is 2.53 bits per heavy atom. The van der Waals surface area contributed by atoms with Crippen molar-refractivity contribution in [3.63, 3.8) is 0 Å². The molecule has 0 saturated carbocycles. The predicted molar refractivity (Wildman–Crippen MR) is 128 cm³/mol. The van der Waals surface area contributed by atoms with Crippen LogP contribution < -0.4 is 16.7 Å². The van der Waals surface area contributed by atoms with Crippen LogP contribution in [0.5, 0.6) is 5.75 Å². The maximum Gasteiger partial charge on any atom is 0.329 e. The molecule has 1 aromatic carbocycles. The van der Waals surface area contributed by atoms with E-state index in [1.54, 1.807) is 36.7 Å². The fourth-order valence-corrected chi connectivity index (χ4v) is 3.74. The molecular formula is C23H32N6O3. The molecule has 0 amide bonds. The zero-order valence-corrected chi connectivity index (χ0v) is 19.0. The Labute approximate surface area is 186 Å². The van der Waals surface area contributed by atoms with E-state index < -0.39 is 11.2 Å². The minimum Gasteiger partial charge on any atom is -0.507 e. The monoisotopic (exact) mass is 440 g/mol. The van der Waals surface area contributed by atoms with Gasteiger partial charge in [-0.25, -0.2) is 10.2 Å². The van der Waals surface area contributed by atoms with Crippen molar-refractivity contribution < 1.29 is 5.11 Å². The number of H-pyrrole nitrogens is 1. The summed E-state index contributed by atoms with van der Waals surface area (Å²) in [5.74, 6) is 0.512. The first-order chi connectivity index (χ1) is 15.4. The Morgan fingerprint density at radius 2 is 1.81 bits per heavy atom. The molecule has 0 spiro atoms. The van der Waals surface area contributed by atoms with Gasteiger partial charge in [0, 0.05) is 19.2 Å². The summed E-state index contributed by atoms with van der Waals surface area (Å²) in [5, 5.41) is 14.4. The highest BCUT2D eigenvalue weighted by atomic mass is 16.3. The van der Waals surface area contributed by atoms with Gasteiger partial charge in [0.15, 0.2) is 11.2 Å². The van der Waals surface area contributed by atoms with E-state index in [1.807, 2.05) is 6.07 Å². The van der Waals surface area contributed by atoms with Gasteiger partial charge in [-0.3, -0.25) is 14.3 Å². The molecule has 9 heteroatoms. The van der Waals surface area contributed by atoms with Gasteiger partial charge in [-0.1, -0.05) is 57.6 Å². The lowest BCUT2D eigenvalue weighted by Gasteiger charge is -2.09. The van der Waals surface area contributed by atoms with Gasteiger partial charge in [0.25, 0.3) is 5.56 Å². The van der Waals surface area contributed by atoms with Gasteiger partial charge in [-0.2, -0.15) is 10.1 Å². The number of unbranched alkanes of at least 4 members (excludes halogenated alkanes) is 6. The molecule has 0 atom stereocenters. The van der Waals surface area contributed by atoms with Gasteiger partial charge < -0.3 is 9.67 Å². The number of imidazole rings is 1. The molecule has 2 heterocycles. The average molecular weight is 441 g/mol. The lowest BCUT2D eigenvalue weighted by atomic mass is 10.1. The predicted octanol–water partition coefficient (Wildman–Crippen LogP) is 3.72. The number of nitrogens with zero attached hydrogens (tertiary/aromatic N) is 4. The largest absolute Gasteiger partial charge is 0.507 e. The number of benzene rings is 1. The van der Waals surface area contributed by atoms with Crippen LogP contribution in [0.25, 0.3) is 11.2 Å². The number of para-hydroxylation sites is 1. The molecule has 32 heavy (non-hydrogen) atoms. The van der Waals surface area contributed by atoms with Crippen LogP contribution in [0.3, 0.4) is 0 Å². The highest BCUT2D eigenvalue weighted by Gasteiger charge is 2.17. The second-order valence-electron chi connectivity index (χ2n) is 8.03. The smallest absolute Gasteiger partial charge is 0.329 e. The summed E-state index contributed by atoms with van der Waals surface area (Å²) in [6, 6.07) is 6.93. The first-order valence-corrected chi connectivity index (χ1v) is 11.2. The van der Waals surface area contributed by atoms with E-state index in [0.29, 0.717) is 34.9 Å². The van der Waals surface area contributed by atoms with Crippen molar-refractivity contribution in [2.24, 2.45) is 12.1 Å². The number of aromatic nitrogens is 4. The number of nitrogens with one attached hydrogen (secondary N) is 2. The summed E-state index contributed by atoms with van der Waals surface area (Å²) in [6.45, 7) is 4.56. The standard InChI is InChI=1S/C23H32N6O3/c1-4-5-6-7-8-9-12-15-29-19-20(28(3)23(32)25-21(19)31)24-22(29)27-26-16(2)17-13-10-11-14-18(17)30/h10-11,13-14,30H,4-9,12,15H2,1-3H3,(H,24,27)(H,25,31,32)/b26-16+. The second-order valence-corrected chi connectivity index (χ2v) is 8.03. The quantitative estimate of drug-likeness (QED) is 0.239. The zero-order valence-electron chi connectivity index (χ0n) is 19.0. The number of rotatable bonds is 11. The van der Waals surface area contributed by atoms with Crippen LogP contribution in [-0.2, 0) is 13.6 Å². The molecule has 172 valence electrons. The lowest BCUT2D eigenvalue weighted by molar-refractivity contribution is 0.474. The Bertz CT molecular complexity index is 1200. The molecule has 3 rings (SSSR count). The summed E-state index contributed by atoms with van der Waals surface area (Å²) in [5.41, 5.74) is 3.77. The highest BCUT2D eigenvalue weighted by molar-refractivity contribution is 6.01. The fourth-order valence-electron chi connectivity index (χ4n) is 3.74. The number of hydrogen-bond acceptors (Lipinski definition) is 6. The van der Waals surface area contributed by atoms with Crippen LogP contribution in [0.4, 0.5) is 5.95 Å². The molecule has 0 fully saturated rings. The molecule has 0 saturated heterocycles. The molecule has 3 aromatic rings. The molecule has 2 aromatic heterocycles. The third-order valence-corrected chi connectivity index (χ3v) is 5.61. The highest BCUT2D eigenvalue weighted by Crippen LogP contribution is 2.19. The van der Waals surface area contributed by atoms with E-state index in [2.05, 4.69) is 27.4 Å². The van der Waals surface area contributed by atoms with Crippen LogP contribution in [0.15, 0.2) is 39.0 Å². The number of aryl methyl sites for hydroxylation is 2. The van der Waals surface area contributed by atoms with Crippen LogP contribution in [0, 0.1) is 0 Å². The van der Waals surface area contributed by atoms with E-state index in [-0.39, 0.29) is 5.75 Å². The van der Waals surface area contributed by atoms with Crippen LogP contribution >= 0.6 is 0 Å². The van der Waals surface area contributed by atoms with E-state index in [1.165, 1.54) is 30.3 Å². The Kier molecular flexibility index (Phi) is 7.86. The van der Waals surface area contributed by atoms with E-state index in [9.17, 15) is 14.7 Å². The van der Waals surface area contributed by atoms with Gasteiger partial charge in [0.05, 0.1) is 5.71 Å². The first kappa shape index (κ1) is 23.3. The molecule has 0 aliphatic rings. The molecule has 0 radical (unpaired) electrons. The lowest BCUT2D eigenvalue weighted by Crippen LogP contribution is -2.29. The summed E-state index contributed by atoms with van der Waals surface area (Å²) in [6.07, 6.45) is 8.02. The molecule has 0 aliphatic carbocycles. The van der Waals surface area contributed by atoms with Crippen molar-refractivity contribution >= 4 is 22.8 Å². The van der Waals surface area contributed by atoms with E-state index in [4.69, 9.17) is 0 Å². The van der Waals surface area contributed by atoms with Gasteiger partial charge in [-0.05, 0) is 25.5 Å². The number of phenolic OH excluding ortho intramolecular Hbond substituents is 1. The summed E-state index contributed by atoms with van der Waals surface area (Å²) in [4.78, 5) is 31.4. The van der Waals surface area contributed by atoms with Crippen LogP contribution in [-0.4, -0.2) is 29.9 Å². The van der Waals surface area contributed by atoms with Crippen molar-refractivity contribution in [2.75, 3.05) is 5.43 Å². The van der Waals surface area contributed by atoms with Crippen LogP contribution in [0.2, 0.25) is 0 Å². The molecule has 0 unspecified atom stereocenters. The average Bonchev–Trinajstić information content (AvgIpc) is 3.14. The number of fused-ring (bicyclic) bond motifs is 1. The summed E-state index contributed by atoms with van der Waals surface area (Å²) < 4.78 is 3.10.